The maximum absolute atomic E-state index is 15.1. The zero-order valence-corrected chi connectivity index (χ0v) is 19.8. The number of aryl methyl sites for hydroxylation is 1. The maximum Gasteiger partial charge on any atom is 0.200 e. The molecule has 2 saturated carbocycles. The summed E-state index contributed by atoms with van der Waals surface area (Å²) in [5.41, 5.74) is 1.28. The lowest BCUT2D eigenvalue weighted by molar-refractivity contribution is 0.181. The SMILES string of the molecule is COc1ccc(CCC2CCC(c3ccc(C4CCC(CO)CC4)c(F)c3F)CC2)c(F)c1F. The van der Waals surface area contributed by atoms with Crippen LogP contribution in [0, 0.1) is 35.1 Å². The number of hydrogen-bond acceptors (Lipinski definition) is 2. The van der Waals surface area contributed by atoms with Crippen LogP contribution in [-0.4, -0.2) is 18.8 Å². The van der Waals surface area contributed by atoms with Crippen molar-refractivity contribution in [2.45, 2.75) is 76.0 Å². The van der Waals surface area contributed by atoms with Gasteiger partial charge in [0.15, 0.2) is 23.2 Å². The van der Waals surface area contributed by atoms with Crippen molar-refractivity contribution in [3.8, 4) is 5.75 Å². The van der Waals surface area contributed by atoms with Crippen molar-refractivity contribution in [2.75, 3.05) is 13.7 Å². The summed E-state index contributed by atoms with van der Waals surface area (Å²) in [7, 11) is 1.31. The molecule has 0 bridgehead atoms. The summed E-state index contributed by atoms with van der Waals surface area (Å²) in [6.45, 7) is 0.164. The van der Waals surface area contributed by atoms with E-state index in [1.54, 1.807) is 18.2 Å². The Morgan fingerprint density at radius 3 is 1.74 bits per heavy atom. The summed E-state index contributed by atoms with van der Waals surface area (Å²) in [6.07, 6.45) is 7.69. The highest BCUT2D eigenvalue weighted by molar-refractivity contribution is 5.32. The first kappa shape index (κ1) is 25.0. The molecule has 2 aliphatic rings. The van der Waals surface area contributed by atoms with Gasteiger partial charge in [-0.1, -0.05) is 18.2 Å². The Balaban J connectivity index is 1.33. The predicted octanol–water partition coefficient (Wildman–Crippen LogP) is 7.42. The van der Waals surface area contributed by atoms with Gasteiger partial charge < -0.3 is 9.84 Å². The van der Waals surface area contributed by atoms with Crippen LogP contribution in [0.15, 0.2) is 24.3 Å². The van der Waals surface area contributed by atoms with Crippen LogP contribution in [0.25, 0.3) is 0 Å². The largest absolute Gasteiger partial charge is 0.494 e. The molecular formula is C28H34F4O2. The van der Waals surface area contributed by atoms with Crippen molar-refractivity contribution in [3.63, 3.8) is 0 Å². The second kappa shape index (κ2) is 11.1. The van der Waals surface area contributed by atoms with E-state index in [0.29, 0.717) is 29.0 Å². The molecule has 2 fully saturated rings. The first-order chi connectivity index (χ1) is 16.4. The van der Waals surface area contributed by atoms with Crippen LogP contribution in [0.1, 0.15) is 86.3 Å². The Bertz CT molecular complexity index is 977. The number of aliphatic hydroxyl groups is 1. The van der Waals surface area contributed by atoms with E-state index >= 15 is 4.39 Å². The smallest absolute Gasteiger partial charge is 0.200 e. The molecule has 0 unspecified atom stereocenters. The molecule has 0 atom stereocenters. The topological polar surface area (TPSA) is 29.5 Å². The molecule has 2 nitrogen and oxygen atoms in total. The van der Waals surface area contributed by atoms with E-state index in [-0.39, 0.29) is 30.1 Å². The summed E-state index contributed by atoms with van der Waals surface area (Å²) in [5, 5.41) is 9.31. The molecule has 0 saturated heterocycles. The summed E-state index contributed by atoms with van der Waals surface area (Å²) >= 11 is 0. The van der Waals surface area contributed by atoms with Gasteiger partial charge >= 0.3 is 0 Å². The highest BCUT2D eigenvalue weighted by Gasteiger charge is 2.29. The Morgan fingerprint density at radius 1 is 0.706 bits per heavy atom. The van der Waals surface area contributed by atoms with Crippen molar-refractivity contribution in [1.29, 1.82) is 0 Å². The lowest BCUT2D eigenvalue weighted by Gasteiger charge is -2.30. The molecular weight excluding hydrogens is 444 g/mol. The van der Waals surface area contributed by atoms with Crippen LogP contribution in [0.2, 0.25) is 0 Å². The summed E-state index contributed by atoms with van der Waals surface area (Å²) in [6, 6.07) is 6.56. The third kappa shape index (κ3) is 5.27. The highest BCUT2D eigenvalue weighted by atomic mass is 19.2. The van der Waals surface area contributed by atoms with E-state index in [0.717, 1.165) is 57.8 Å². The Labute approximate surface area is 199 Å². The molecule has 0 amide bonds. The summed E-state index contributed by atoms with van der Waals surface area (Å²) in [5.74, 6) is -2.68. The zero-order valence-electron chi connectivity index (χ0n) is 19.8. The van der Waals surface area contributed by atoms with Gasteiger partial charge in [-0.25, -0.2) is 13.2 Å². The standard InChI is InChI=1S/C28H34F4O2/c1-34-24-15-12-21(25(29)28(24)32)11-4-17-2-7-19(8-3-17)22-13-14-23(27(31)26(22)30)20-9-5-18(16-33)6-10-20/h12-15,17-20,33H,2-11,16H2,1H3. The fourth-order valence-electron chi connectivity index (χ4n) is 5.91. The van der Waals surface area contributed by atoms with Crippen molar-refractivity contribution in [2.24, 2.45) is 11.8 Å². The van der Waals surface area contributed by atoms with Crippen LogP contribution in [-0.2, 0) is 6.42 Å². The first-order valence-corrected chi connectivity index (χ1v) is 12.5. The van der Waals surface area contributed by atoms with Gasteiger partial charge in [0.25, 0.3) is 0 Å². The lowest BCUT2D eigenvalue weighted by Crippen LogP contribution is -2.18. The van der Waals surface area contributed by atoms with Gasteiger partial charge in [-0.2, -0.15) is 4.39 Å². The quantitative estimate of drug-likeness (QED) is 0.420. The molecule has 1 N–H and O–H groups in total. The van der Waals surface area contributed by atoms with Gasteiger partial charge in [0, 0.05) is 6.61 Å². The van der Waals surface area contributed by atoms with E-state index in [9.17, 15) is 18.3 Å². The minimum Gasteiger partial charge on any atom is -0.494 e. The molecule has 0 aromatic heterocycles. The van der Waals surface area contributed by atoms with E-state index in [1.807, 2.05) is 0 Å². The minimum absolute atomic E-state index is 0.0138. The van der Waals surface area contributed by atoms with E-state index < -0.39 is 23.3 Å². The third-order valence-electron chi connectivity index (χ3n) is 8.14. The molecule has 0 aliphatic heterocycles. The van der Waals surface area contributed by atoms with Gasteiger partial charge in [0.1, 0.15) is 0 Å². The van der Waals surface area contributed by atoms with Gasteiger partial charge in [-0.3, -0.25) is 0 Å². The molecule has 2 aliphatic carbocycles. The number of benzene rings is 2. The third-order valence-corrected chi connectivity index (χ3v) is 8.14. The monoisotopic (exact) mass is 478 g/mol. The van der Waals surface area contributed by atoms with E-state index in [4.69, 9.17) is 4.74 Å². The number of ether oxygens (including phenoxy) is 1. The van der Waals surface area contributed by atoms with Crippen LogP contribution in [0.5, 0.6) is 5.75 Å². The van der Waals surface area contributed by atoms with Crippen molar-refractivity contribution in [3.05, 3.63) is 64.2 Å². The molecule has 186 valence electrons. The lowest BCUT2D eigenvalue weighted by atomic mass is 9.75. The number of aliphatic hydroxyl groups excluding tert-OH is 1. The maximum atomic E-state index is 15.1. The van der Waals surface area contributed by atoms with Crippen LogP contribution in [0.4, 0.5) is 17.6 Å². The first-order valence-electron chi connectivity index (χ1n) is 12.5. The molecule has 4 rings (SSSR count). The number of halogens is 4. The average molecular weight is 479 g/mol. The zero-order chi connectivity index (χ0) is 24.2. The van der Waals surface area contributed by atoms with Crippen LogP contribution < -0.4 is 4.74 Å². The van der Waals surface area contributed by atoms with Gasteiger partial charge in [-0.15, -0.1) is 0 Å². The second-order valence-corrected chi connectivity index (χ2v) is 10.1. The highest BCUT2D eigenvalue weighted by Crippen LogP contribution is 2.42. The number of methoxy groups -OCH3 is 1. The molecule has 0 spiro atoms. The summed E-state index contributed by atoms with van der Waals surface area (Å²) in [4.78, 5) is 0. The van der Waals surface area contributed by atoms with Gasteiger partial charge in [-0.05, 0) is 111 Å². The Kier molecular flexibility index (Phi) is 8.18. The number of hydrogen-bond donors (Lipinski definition) is 1. The Hall–Kier alpha value is -2.08. The summed E-state index contributed by atoms with van der Waals surface area (Å²) < 4.78 is 63.0. The van der Waals surface area contributed by atoms with Crippen molar-refractivity contribution in [1.82, 2.24) is 0 Å². The normalized spacial score (nSPS) is 25.4. The number of rotatable bonds is 7. The molecule has 34 heavy (non-hydrogen) atoms. The van der Waals surface area contributed by atoms with Crippen molar-refractivity contribution >= 4 is 0 Å². The second-order valence-electron chi connectivity index (χ2n) is 10.1. The van der Waals surface area contributed by atoms with Crippen molar-refractivity contribution < 1.29 is 27.4 Å². The molecule has 2 aromatic carbocycles. The van der Waals surface area contributed by atoms with Crippen LogP contribution >= 0.6 is 0 Å². The van der Waals surface area contributed by atoms with Crippen LogP contribution in [0.3, 0.4) is 0 Å². The fraction of sp³-hybridized carbons (Fsp3) is 0.571. The Morgan fingerprint density at radius 2 is 1.24 bits per heavy atom. The minimum atomic E-state index is -0.953. The van der Waals surface area contributed by atoms with Gasteiger partial charge in [0.05, 0.1) is 7.11 Å². The molecule has 6 heteroatoms. The fourth-order valence-corrected chi connectivity index (χ4v) is 5.91. The molecule has 2 aromatic rings. The van der Waals surface area contributed by atoms with Gasteiger partial charge in [0.2, 0.25) is 5.82 Å². The van der Waals surface area contributed by atoms with E-state index in [2.05, 4.69) is 0 Å². The predicted molar refractivity (Wildman–Crippen MR) is 124 cm³/mol. The molecule has 0 radical (unpaired) electrons. The molecule has 0 heterocycles. The average Bonchev–Trinajstić information content (AvgIpc) is 2.87. The van der Waals surface area contributed by atoms with E-state index in [1.165, 1.54) is 13.2 Å².